The van der Waals surface area contributed by atoms with E-state index in [0.29, 0.717) is 0 Å². The number of aryl methyl sites for hydroxylation is 3. The Labute approximate surface area is 146 Å². The first kappa shape index (κ1) is 15.4. The maximum Gasteiger partial charge on any atom is 0.141 e. The van der Waals surface area contributed by atoms with Gasteiger partial charge >= 0.3 is 0 Å². The average molecular weight is 421 g/mol. The van der Waals surface area contributed by atoms with E-state index in [2.05, 4.69) is 92.2 Å². The molecule has 22 heavy (non-hydrogen) atoms. The van der Waals surface area contributed by atoms with Gasteiger partial charge in [0.1, 0.15) is 12.1 Å². The molecule has 1 N–H and O–H groups in total. The van der Waals surface area contributed by atoms with Gasteiger partial charge in [0.2, 0.25) is 0 Å². The lowest BCUT2D eigenvalue weighted by Gasteiger charge is -2.13. The third-order valence-electron chi connectivity index (χ3n) is 3.68. The Balaban J connectivity index is 2.14. The third-order valence-corrected chi connectivity index (χ3v) is 4.93. The fourth-order valence-corrected chi connectivity index (χ4v) is 3.97. The summed E-state index contributed by atoms with van der Waals surface area (Å²) in [6.45, 7) is 6.26. The van der Waals surface area contributed by atoms with Crippen LogP contribution in [0.2, 0.25) is 0 Å². The number of hydrogen-bond acceptors (Lipinski definition) is 3. The van der Waals surface area contributed by atoms with Gasteiger partial charge in [-0.1, -0.05) is 0 Å². The quantitative estimate of drug-likeness (QED) is 0.567. The molecule has 5 heteroatoms. The van der Waals surface area contributed by atoms with Crippen LogP contribution in [0.1, 0.15) is 16.7 Å². The zero-order valence-corrected chi connectivity index (χ0v) is 15.7. The summed E-state index contributed by atoms with van der Waals surface area (Å²) in [5, 5.41) is 4.43. The van der Waals surface area contributed by atoms with Gasteiger partial charge in [0.05, 0.1) is 11.2 Å². The van der Waals surface area contributed by atoms with Crippen molar-refractivity contribution in [3.8, 4) is 0 Å². The van der Waals surface area contributed by atoms with Crippen LogP contribution in [-0.4, -0.2) is 9.97 Å². The smallest absolute Gasteiger partial charge is 0.141 e. The van der Waals surface area contributed by atoms with Crippen molar-refractivity contribution in [3.63, 3.8) is 0 Å². The van der Waals surface area contributed by atoms with Crippen LogP contribution in [0.3, 0.4) is 0 Å². The van der Waals surface area contributed by atoms with Gasteiger partial charge in [-0.05, 0) is 93.6 Å². The number of fused-ring (bicyclic) bond motifs is 1. The van der Waals surface area contributed by atoms with Gasteiger partial charge in [-0.25, -0.2) is 9.97 Å². The van der Waals surface area contributed by atoms with E-state index in [9.17, 15) is 0 Å². The van der Waals surface area contributed by atoms with Crippen LogP contribution in [0.4, 0.5) is 11.5 Å². The molecule has 3 rings (SSSR count). The predicted molar refractivity (Wildman–Crippen MR) is 98.9 cm³/mol. The molecule has 0 unspecified atom stereocenters. The minimum atomic E-state index is 0.804. The molecule has 3 nitrogen and oxygen atoms in total. The van der Waals surface area contributed by atoms with Crippen molar-refractivity contribution in [1.82, 2.24) is 9.97 Å². The Morgan fingerprint density at radius 1 is 0.864 bits per heavy atom. The zero-order valence-electron chi connectivity index (χ0n) is 12.5. The number of nitrogens with one attached hydrogen (secondary N) is 1. The molecule has 0 aliphatic carbocycles. The summed E-state index contributed by atoms with van der Waals surface area (Å²) >= 11 is 7.22. The van der Waals surface area contributed by atoms with Crippen LogP contribution in [-0.2, 0) is 0 Å². The second kappa shape index (κ2) is 5.97. The Morgan fingerprint density at radius 3 is 2.18 bits per heavy atom. The lowest BCUT2D eigenvalue weighted by molar-refractivity contribution is 1.21. The normalized spacial score (nSPS) is 11.0. The van der Waals surface area contributed by atoms with Crippen LogP contribution in [0.25, 0.3) is 10.9 Å². The highest BCUT2D eigenvalue weighted by atomic mass is 79.9. The molecule has 3 aromatic rings. The molecule has 0 saturated carbocycles. The monoisotopic (exact) mass is 419 g/mol. The fraction of sp³-hybridized carbons (Fsp3) is 0.176. The van der Waals surface area contributed by atoms with E-state index < -0.39 is 0 Å². The molecular weight excluding hydrogens is 406 g/mol. The summed E-state index contributed by atoms with van der Waals surface area (Å²) in [4.78, 5) is 8.78. The van der Waals surface area contributed by atoms with Gasteiger partial charge in [0.15, 0.2) is 0 Å². The fourth-order valence-electron chi connectivity index (χ4n) is 2.35. The SMILES string of the molecule is Cc1cc(Br)c(Nc2ncnc3cc(C)c(C)cc23)c(Br)c1. The summed E-state index contributed by atoms with van der Waals surface area (Å²) in [6.07, 6.45) is 1.59. The van der Waals surface area contributed by atoms with Crippen LogP contribution < -0.4 is 5.32 Å². The Morgan fingerprint density at radius 2 is 1.50 bits per heavy atom. The molecule has 0 aliphatic rings. The second-order valence-electron chi connectivity index (χ2n) is 5.40. The zero-order chi connectivity index (χ0) is 15.9. The van der Waals surface area contributed by atoms with E-state index in [1.807, 2.05) is 0 Å². The van der Waals surface area contributed by atoms with Crippen LogP contribution >= 0.6 is 31.9 Å². The molecule has 0 amide bonds. The highest BCUT2D eigenvalue weighted by molar-refractivity contribution is 9.11. The Kier molecular flexibility index (Phi) is 4.19. The molecule has 1 aromatic heterocycles. The van der Waals surface area contributed by atoms with Crippen LogP contribution in [0.15, 0.2) is 39.5 Å². The summed E-state index contributed by atoms with van der Waals surface area (Å²) in [5.74, 6) is 0.804. The number of aromatic nitrogens is 2. The third kappa shape index (κ3) is 2.88. The summed E-state index contributed by atoms with van der Waals surface area (Å²) in [5.41, 5.74) is 5.55. The summed E-state index contributed by atoms with van der Waals surface area (Å²) < 4.78 is 1.99. The molecular formula is C17H15Br2N3. The first-order valence-corrected chi connectivity index (χ1v) is 8.49. The highest BCUT2D eigenvalue weighted by Gasteiger charge is 2.11. The first-order chi connectivity index (χ1) is 10.5. The van der Waals surface area contributed by atoms with Gasteiger partial charge in [-0.3, -0.25) is 0 Å². The topological polar surface area (TPSA) is 37.8 Å². The van der Waals surface area contributed by atoms with E-state index in [4.69, 9.17) is 0 Å². The van der Waals surface area contributed by atoms with Crippen LogP contribution in [0.5, 0.6) is 0 Å². The highest BCUT2D eigenvalue weighted by Crippen LogP contribution is 2.35. The number of nitrogens with zero attached hydrogens (tertiary/aromatic N) is 2. The number of hydrogen-bond donors (Lipinski definition) is 1. The Hall–Kier alpha value is -1.46. The predicted octanol–water partition coefficient (Wildman–Crippen LogP) is 5.82. The van der Waals surface area contributed by atoms with Gasteiger partial charge in [-0.2, -0.15) is 0 Å². The molecule has 1 heterocycles. The van der Waals surface area contributed by atoms with Crippen molar-refractivity contribution in [1.29, 1.82) is 0 Å². The van der Waals surface area contributed by atoms with Crippen molar-refractivity contribution in [3.05, 3.63) is 56.2 Å². The lowest BCUT2D eigenvalue weighted by atomic mass is 10.1. The second-order valence-corrected chi connectivity index (χ2v) is 7.11. The van der Waals surface area contributed by atoms with E-state index in [1.54, 1.807) is 6.33 Å². The molecule has 0 fully saturated rings. The van der Waals surface area contributed by atoms with Crippen LogP contribution in [0, 0.1) is 20.8 Å². The molecule has 2 aromatic carbocycles. The van der Waals surface area contributed by atoms with Crippen molar-refractivity contribution >= 4 is 54.3 Å². The standard InChI is InChI=1S/C17H15Br2N3/c1-9-4-13(18)16(14(19)5-9)22-17-12-6-10(2)11(3)7-15(12)20-8-21-17/h4-8H,1-3H3,(H,20,21,22). The number of anilines is 2. The minimum Gasteiger partial charge on any atom is -0.338 e. The molecule has 0 saturated heterocycles. The minimum absolute atomic E-state index is 0.804. The number of halogens is 2. The van der Waals surface area contributed by atoms with E-state index in [1.165, 1.54) is 16.7 Å². The summed E-state index contributed by atoms with van der Waals surface area (Å²) in [7, 11) is 0. The van der Waals surface area contributed by atoms with Gasteiger partial charge in [-0.15, -0.1) is 0 Å². The summed E-state index contributed by atoms with van der Waals surface area (Å²) in [6, 6.07) is 8.37. The molecule has 0 atom stereocenters. The molecule has 0 radical (unpaired) electrons. The van der Waals surface area contributed by atoms with Gasteiger partial charge in [0, 0.05) is 14.3 Å². The average Bonchev–Trinajstić information content (AvgIpc) is 2.44. The van der Waals surface area contributed by atoms with E-state index in [0.717, 1.165) is 31.4 Å². The van der Waals surface area contributed by atoms with Crippen molar-refractivity contribution < 1.29 is 0 Å². The molecule has 112 valence electrons. The number of benzene rings is 2. The molecule has 0 aliphatic heterocycles. The maximum absolute atomic E-state index is 4.41. The first-order valence-electron chi connectivity index (χ1n) is 6.90. The van der Waals surface area contributed by atoms with Crippen molar-refractivity contribution in [2.45, 2.75) is 20.8 Å². The van der Waals surface area contributed by atoms with Gasteiger partial charge < -0.3 is 5.32 Å². The van der Waals surface area contributed by atoms with E-state index in [-0.39, 0.29) is 0 Å². The Bertz CT molecular complexity index is 852. The van der Waals surface area contributed by atoms with Gasteiger partial charge in [0.25, 0.3) is 0 Å². The number of rotatable bonds is 2. The van der Waals surface area contributed by atoms with E-state index >= 15 is 0 Å². The maximum atomic E-state index is 4.41. The van der Waals surface area contributed by atoms with Crippen molar-refractivity contribution in [2.24, 2.45) is 0 Å². The molecule has 0 bridgehead atoms. The lowest BCUT2D eigenvalue weighted by Crippen LogP contribution is -1.99. The molecule has 0 spiro atoms. The largest absolute Gasteiger partial charge is 0.338 e. The van der Waals surface area contributed by atoms with Crippen molar-refractivity contribution in [2.75, 3.05) is 5.32 Å².